The van der Waals surface area contributed by atoms with Crippen LogP contribution >= 0.6 is 0 Å². The van der Waals surface area contributed by atoms with E-state index in [4.69, 9.17) is 20.4 Å². The molecule has 0 saturated heterocycles. The maximum absolute atomic E-state index is 8.93. The predicted octanol–water partition coefficient (Wildman–Crippen LogP) is -4.37. The number of rotatable bonds is 0. The maximum atomic E-state index is 8.93. The van der Waals surface area contributed by atoms with E-state index in [1.807, 2.05) is 0 Å². The second-order valence-corrected chi connectivity index (χ2v) is 1.15. The molecule has 0 spiro atoms. The first-order valence-electron chi connectivity index (χ1n) is 3.98. The SMILES string of the molecule is CC[O-].CC[O-].CC[O-].CC[O-].[Sn+4].[SnH4]. The van der Waals surface area contributed by atoms with E-state index in [2.05, 4.69) is 0 Å². The molecule has 0 rings (SSSR count). The van der Waals surface area contributed by atoms with Gasteiger partial charge >= 0.3 is 47.8 Å². The standard InChI is InChI=1S/4C2H5O.2Sn.4H/c4*1-2-3;;;;;;/h4*2H2,1H3;;;;;;/q4*-1;;+4;;;;. The molecule has 0 amide bonds. The van der Waals surface area contributed by atoms with E-state index in [0.29, 0.717) is 0 Å². The minimum atomic E-state index is 0. The number of hydrogen-bond donors (Lipinski definition) is 0. The summed E-state index contributed by atoms with van der Waals surface area (Å²) in [4.78, 5) is 0. The predicted molar refractivity (Wildman–Crippen MR) is 59.3 cm³/mol. The average Bonchev–Trinajstić information content (AvgIpc) is 1.92. The molecule has 0 bridgehead atoms. The van der Waals surface area contributed by atoms with Gasteiger partial charge in [-0.1, -0.05) is 27.7 Å². The fourth-order valence-corrected chi connectivity index (χ4v) is 0. The molecule has 0 unspecified atom stereocenters. The number of hydrogen-bond acceptors (Lipinski definition) is 4. The molecular weight excluding hydrogens is 398 g/mol. The molecule has 0 aliphatic carbocycles. The molecule has 0 aliphatic heterocycles. The van der Waals surface area contributed by atoms with E-state index in [0.717, 1.165) is 0 Å². The van der Waals surface area contributed by atoms with Crippen LogP contribution in [0.25, 0.3) is 0 Å². The quantitative estimate of drug-likeness (QED) is 0.370. The van der Waals surface area contributed by atoms with Crippen LogP contribution in [0.1, 0.15) is 27.7 Å². The van der Waals surface area contributed by atoms with Crippen LogP contribution in [0.3, 0.4) is 0 Å². The third-order valence-electron chi connectivity index (χ3n) is 0. The van der Waals surface area contributed by atoms with Gasteiger partial charge in [0.1, 0.15) is 0 Å². The summed E-state index contributed by atoms with van der Waals surface area (Å²) in [5.41, 5.74) is 0. The molecular formula is C8H24O4Sn2. The van der Waals surface area contributed by atoms with Crippen LogP contribution in [-0.4, -0.2) is 74.2 Å². The summed E-state index contributed by atoms with van der Waals surface area (Å²) in [5, 5.41) is 35.7. The van der Waals surface area contributed by atoms with E-state index in [1.165, 1.54) is 0 Å². The van der Waals surface area contributed by atoms with Crippen molar-refractivity contribution in [2.45, 2.75) is 27.7 Å². The second kappa shape index (κ2) is 88.2. The molecule has 0 aromatic heterocycles. The summed E-state index contributed by atoms with van der Waals surface area (Å²) >= 11 is 0. The van der Waals surface area contributed by atoms with E-state index in [-0.39, 0.29) is 74.2 Å². The first-order chi connectivity index (χ1) is 5.66. The molecule has 0 N–H and O–H groups in total. The Kier molecular flexibility index (Phi) is 228. The Hall–Kier alpha value is 1.44. The summed E-state index contributed by atoms with van der Waals surface area (Å²) in [6.45, 7) is 6.28. The molecule has 4 nitrogen and oxygen atoms in total. The third-order valence-corrected chi connectivity index (χ3v) is 0. The molecule has 0 atom stereocenters. The zero-order valence-electron chi connectivity index (χ0n) is 8.96. The van der Waals surface area contributed by atoms with Crippen molar-refractivity contribution in [2.24, 2.45) is 0 Å². The van der Waals surface area contributed by atoms with Crippen LogP contribution in [0.15, 0.2) is 0 Å². The Morgan fingerprint density at radius 2 is 0.571 bits per heavy atom. The van der Waals surface area contributed by atoms with E-state index in [9.17, 15) is 0 Å². The third kappa shape index (κ3) is 1010. The van der Waals surface area contributed by atoms with Gasteiger partial charge in [0, 0.05) is 0 Å². The van der Waals surface area contributed by atoms with Gasteiger partial charge in [-0.15, -0.1) is 26.4 Å². The molecule has 0 radical (unpaired) electrons. The average molecular weight is 422 g/mol. The molecule has 0 aromatic rings. The van der Waals surface area contributed by atoms with E-state index >= 15 is 0 Å². The molecule has 0 heterocycles. The van der Waals surface area contributed by atoms with Gasteiger partial charge in [-0.3, -0.25) is 0 Å². The summed E-state index contributed by atoms with van der Waals surface area (Å²) in [6, 6.07) is 0. The van der Waals surface area contributed by atoms with Gasteiger partial charge in [-0.25, -0.2) is 0 Å². The van der Waals surface area contributed by atoms with Crippen LogP contribution in [0.5, 0.6) is 0 Å². The van der Waals surface area contributed by atoms with Gasteiger partial charge in [0.25, 0.3) is 0 Å². The van der Waals surface area contributed by atoms with Crippen LogP contribution in [0.2, 0.25) is 0 Å². The first-order valence-corrected chi connectivity index (χ1v) is 3.98. The van der Waals surface area contributed by atoms with Crippen LogP contribution in [0.4, 0.5) is 0 Å². The van der Waals surface area contributed by atoms with Crippen LogP contribution in [-0.2, 0) is 0 Å². The molecule has 0 fully saturated rings. The van der Waals surface area contributed by atoms with Gasteiger partial charge in [0.15, 0.2) is 0 Å². The monoisotopic (exact) mass is 424 g/mol. The molecule has 0 aromatic carbocycles. The van der Waals surface area contributed by atoms with E-state index in [1.54, 1.807) is 27.7 Å². The summed E-state index contributed by atoms with van der Waals surface area (Å²) in [6.07, 6.45) is 0. The fraction of sp³-hybridized carbons (Fsp3) is 1.00. The van der Waals surface area contributed by atoms with Crippen molar-refractivity contribution in [2.75, 3.05) is 26.4 Å². The summed E-state index contributed by atoms with van der Waals surface area (Å²) in [5.74, 6) is 0. The van der Waals surface area contributed by atoms with Crippen molar-refractivity contribution in [3.05, 3.63) is 0 Å². The molecule has 88 valence electrons. The Morgan fingerprint density at radius 1 is 0.571 bits per heavy atom. The zero-order valence-corrected chi connectivity index (χ0v) is 11.8. The summed E-state index contributed by atoms with van der Waals surface area (Å²) < 4.78 is 0. The van der Waals surface area contributed by atoms with Gasteiger partial charge < -0.3 is 20.4 Å². The van der Waals surface area contributed by atoms with Crippen LogP contribution < -0.4 is 20.4 Å². The Balaban J connectivity index is -0.0000000145. The van der Waals surface area contributed by atoms with E-state index < -0.39 is 0 Å². The van der Waals surface area contributed by atoms with Gasteiger partial charge in [-0.2, -0.15) is 0 Å². The minimum absolute atomic E-state index is 0. The second-order valence-electron chi connectivity index (χ2n) is 1.15. The van der Waals surface area contributed by atoms with Gasteiger partial charge in [-0.05, 0) is 0 Å². The molecule has 0 saturated carbocycles. The van der Waals surface area contributed by atoms with Gasteiger partial charge in [0.05, 0.1) is 0 Å². The van der Waals surface area contributed by atoms with Crippen molar-refractivity contribution in [1.29, 1.82) is 0 Å². The van der Waals surface area contributed by atoms with Crippen LogP contribution in [0, 0.1) is 0 Å². The molecule has 0 aliphatic rings. The van der Waals surface area contributed by atoms with Crippen molar-refractivity contribution in [1.82, 2.24) is 0 Å². The van der Waals surface area contributed by atoms with Crippen molar-refractivity contribution in [3.8, 4) is 0 Å². The Labute approximate surface area is 122 Å². The fourth-order valence-electron chi connectivity index (χ4n) is 0. The topological polar surface area (TPSA) is 92.2 Å². The molecule has 14 heavy (non-hydrogen) atoms. The zero-order chi connectivity index (χ0) is 10.8. The Bertz CT molecular complexity index is 27.3. The first kappa shape index (κ1) is 36.1. The van der Waals surface area contributed by atoms with Gasteiger partial charge in [0.2, 0.25) is 0 Å². The van der Waals surface area contributed by atoms with Crippen molar-refractivity contribution in [3.63, 3.8) is 0 Å². The van der Waals surface area contributed by atoms with Crippen molar-refractivity contribution < 1.29 is 20.4 Å². The Morgan fingerprint density at radius 3 is 0.571 bits per heavy atom. The summed E-state index contributed by atoms with van der Waals surface area (Å²) in [7, 11) is 0. The molecule has 6 heteroatoms. The van der Waals surface area contributed by atoms with Crippen molar-refractivity contribution >= 4 is 47.8 Å². The normalized spacial score (nSPS) is 5.14.